The molecule has 1 atom stereocenters. The zero-order chi connectivity index (χ0) is 13.9. The van der Waals surface area contributed by atoms with E-state index in [1.807, 2.05) is 30.3 Å². The van der Waals surface area contributed by atoms with Crippen molar-refractivity contribution in [2.45, 2.75) is 6.04 Å². The SMILES string of the molecule is NNC(c1ccncc1F)c1cccc2cccnc12. The van der Waals surface area contributed by atoms with Crippen molar-refractivity contribution in [3.8, 4) is 0 Å². The van der Waals surface area contributed by atoms with E-state index in [9.17, 15) is 4.39 Å². The molecule has 20 heavy (non-hydrogen) atoms. The van der Waals surface area contributed by atoms with Crippen LogP contribution in [0.25, 0.3) is 10.9 Å². The van der Waals surface area contributed by atoms with Crippen molar-refractivity contribution in [2.75, 3.05) is 0 Å². The van der Waals surface area contributed by atoms with E-state index in [0.717, 1.165) is 16.5 Å². The number of hydrogen-bond donors (Lipinski definition) is 2. The minimum atomic E-state index is -0.475. The first-order valence-electron chi connectivity index (χ1n) is 6.20. The number of para-hydroxylation sites is 1. The third-order valence-electron chi connectivity index (χ3n) is 3.26. The van der Waals surface area contributed by atoms with Crippen molar-refractivity contribution >= 4 is 10.9 Å². The number of benzene rings is 1. The normalized spacial score (nSPS) is 12.5. The number of hydrazine groups is 1. The third-order valence-corrected chi connectivity index (χ3v) is 3.26. The Labute approximate surface area is 115 Å². The maximum atomic E-state index is 13.9. The second-order valence-corrected chi connectivity index (χ2v) is 4.42. The molecule has 100 valence electrons. The molecule has 4 nitrogen and oxygen atoms in total. The molecule has 0 bridgehead atoms. The lowest BCUT2D eigenvalue weighted by Crippen LogP contribution is -2.29. The Balaban J connectivity index is 2.20. The highest BCUT2D eigenvalue weighted by Gasteiger charge is 2.19. The molecule has 5 heteroatoms. The van der Waals surface area contributed by atoms with Gasteiger partial charge in [-0.2, -0.15) is 0 Å². The average Bonchev–Trinajstić information content (AvgIpc) is 2.50. The van der Waals surface area contributed by atoms with E-state index in [2.05, 4.69) is 15.4 Å². The summed E-state index contributed by atoms with van der Waals surface area (Å²) in [6.07, 6.45) is 4.43. The smallest absolute Gasteiger partial charge is 0.146 e. The molecular formula is C15H13FN4. The monoisotopic (exact) mass is 268 g/mol. The number of nitrogens with one attached hydrogen (secondary N) is 1. The topological polar surface area (TPSA) is 63.8 Å². The molecule has 1 aromatic carbocycles. The molecule has 0 radical (unpaired) electrons. The van der Waals surface area contributed by atoms with E-state index < -0.39 is 11.9 Å². The number of halogens is 1. The summed E-state index contributed by atoms with van der Waals surface area (Å²) in [6.45, 7) is 0. The molecule has 1 unspecified atom stereocenters. The summed E-state index contributed by atoms with van der Waals surface area (Å²) in [6, 6.07) is 10.7. The van der Waals surface area contributed by atoms with Crippen molar-refractivity contribution < 1.29 is 4.39 Å². The van der Waals surface area contributed by atoms with Crippen molar-refractivity contribution in [1.29, 1.82) is 0 Å². The van der Waals surface area contributed by atoms with Crippen molar-refractivity contribution in [2.24, 2.45) is 5.84 Å². The van der Waals surface area contributed by atoms with Gasteiger partial charge in [-0.1, -0.05) is 24.3 Å². The van der Waals surface area contributed by atoms with Gasteiger partial charge in [-0.05, 0) is 12.1 Å². The average molecular weight is 268 g/mol. The van der Waals surface area contributed by atoms with Crippen LogP contribution < -0.4 is 11.3 Å². The van der Waals surface area contributed by atoms with E-state index in [1.54, 1.807) is 18.5 Å². The van der Waals surface area contributed by atoms with Gasteiger partial charge in [-0.15, -0.1) is 0 Å². The molecule has 0 aliphatic heterocycles. The van der Waals surface area contributed by atoms with Crippen LogP contribution in [0.15, 0.2) is 55.0 Å². The lowest BCUT2D eigenvalue weighted by Gasteiger charge is -2.18. The van der Waals surface area contributed by atoms with Crippen LogP contribution in [0.5, 0.6) is 0 Å². The fraction of sp³-hybridized carbons (Fsp3) is 0.0667. The second kappa shape index (κ2) is 5.32. The number of nitrogens with zero attached hydrogens (tertiary/aromatic N) is 2. The fourth-order valence-electron chi connectivity index (χ4n) is 2.33. The lowest BCUT2D eigenvalue weighted by molar-refractivity contribution is 0.557. The molecule has 3 N–H and O–H groups in total. The quantitative estimate of drug-likeness (QED) is 0.565. The summed E-state index contributed by atoms with van der Waals surface area (Å²) in [5.74, 6) is 5.23. The fourth-order valence-corrected chi connectivity index (χ4v) is 2.33. The maximum absolute atomic E-state index is 13.9. The summed E-state index contributed by atoms with van der Waals surface area (Å²) in [7, 11) is 0. The Bertz CT molecular complexity index is 739. The molecule has 2 heterocycles. The minimum Gasteiger partial charge on any atom is -0.271 e. The molecule has 2 aromatic heterocycles. The van der Waals surface area contributed by atoms with Crippen LogP contribution >= 0.6 is 0 Å². The van der Waals surface area contributed by atoms with Gasteiger partial charge >= 0.3 is 0 Å². The van der Waals surface area contributed by atoms with Crippen LogP contribution in [-0.2, 0) is 0 Å². The van der Waals surface area contributed by atoms with Crippen molar-refractivity contribution in [1.82, 2.24) is 15.4 Å². The summed E-state index contributed by atoms with van der Waals surface area (Å²) < 4.78 is 13.9. The predicted molar refractivity (Wildman–Crippen MR) is 75.1 cm³/mol. The Morgan fingerprint density at radius 1 is 1.05 bits per heavy atom. The number of fused-ring (bicyclic) bond motifs is 1. The molecule has 0 spiro atoms. The molecule has 0 aliphatic rings. The van der Waals surface area contributed by atoms with E-state index in [1.165, 1.54) is 6.20 Å². The molecule has 3 rings (SSSR count). The number of aromatic nitrogens is 2. The Kier molecular flexibility index (Phi) is 3.37. The first-order chi connectivity index (χ1) is 9.81. The van der Waals surface area contributed by atoms with Gasteiger partial charge in [-0.25, -0.2) is 9.82 Å². The molecule has 0 aliphatic carbocycles. The molecule has 0 fully saturated rings. The number of pyridine rings is 2. The Morgan fingerprint density at radius 2 is 1.90 bits per heavy atom. The summed E-state index contributed by atoms with van der Waals surface area (Å²) in [4.78, 5) is 8.13. The first-order valence-corrected chi connectivity index (χ1v) is 6.20. The van der Waals surface area contributed by atoms with Crippen molar-refractivity contribution in [3.63, 3.8) is 0 Å². The Morgan fingerprint density at radius 3 is 2.70 bits per heavy atom. The molecule has 3 aromatic rings. The third kappa shape index (κ3) is 2.13. The van der Waals surface area contributed by atoms with E-state index in [4.69, 9.17) is 5.84 Å². The molecular weight excluding hydrogens is 255 g/mol. The van der Waals surface area contributed by atoms with Gasteiger partial charge in [0.15, 0.2) is 0 Å². The van der Waals surface area contributed by atoms with Gasteiger partial charge in [0.2, 0.25) is 0 Å². The highest BCUT2D eigenvalue weighted by atomic mass is 19.1. The van der Waals surface area contributed by atoms with E-state index in [-0.39, 0.29) is 0 Å². The van der Waals surface area contributed by atoms with Gasteiger partial charge in [0.1, 0.15) is 5.82 Å². The van der Waals surface area contributed by atoms with Crippen LogP contribution in [0.3, 0.4) is 0 Å². The van der Waals surface area contributed by atoms with Gasteiger partial charge in [0.25, 0.3) is 0 Å². The number of rotatable bonds is 3. The predicted octanol–water partition coefficient (Wildman–Crippen LogP) is 2.32. The van der Waals surface area contributed by atoms with Crippen LogP contribution in [0, 0.1) is 5.82 Å². The van der Waals surface area contributed by atoms with E-state index >= 15 is 0 Å². The van der Waals surface area contributed by atoms with Crippen molar-refractivity contribution in [3.05, 3.63) is 71.9 Å². The van der Waals surface area contributed by atoms with Crippen LogP contribution in [-0.4, -0.2) is 9.97 Å². The zero-order valence-corrected chi connectivity index (χ0v) is 10.6. The highest BCUT2D eigenvalue weighted by Crippen LogP contribution is 2.28. The molecule has 0 saturated heterocycles. The van der Waals surface area contributed by atoms with Gasteiger partial charge in [0, 0.05) is 28.9 Å². The number of hydrogen-bond acceptors (Lipinski definition) is 4. The first kappa shape index (κ1) is 12.7. The number of nitrogens with two attached hydrogens (primary N) is 1. The lowest BCUT2D eigenvalue weighted by atomic mass is 9.97. The summed E-state index contributed by atoms with van der Waals surface area (Å²) in [5, 5.41) is 0.986. The largest absolute Gasteiger partial charge is 0.271 e. The van der Waals surface area contributed by atoms with Crippen LogP contribution in [0.1, 0.15) is 17.2 Å². The summed E-state index contributed by atoms with van der Waals surface area (Å²) >= 11 is 0. The zero-order valence-electron chi connectivity index (χ0n) is 10.6. The van der Waals surface area contributed by atoms with Gasteiger partial charge in [0.05, 0.1) is 17.8 Å². The second-order valence-electron chi connectivity index (χ2n) is 4.42. The van der Waals surface area contributed by atoms with E-state index in [0.29, 0.717) is 5.56 Å². The standard InChI is InChI=1S/C15H13FN4/c16-13-9-18-8-6-11(13)15(20-17)12-5-1-3-10-4-2-7-19-14(10)12/h1-9,15,20H,17H2. The minimum absolute atomic E-state index is 0.400. The summed E-state index contributed by atoms with van der Waals surface area (Å²) in [5.41, 5.74) is 4.73. The van der Waals surface area contributed by atoms with Gasteiger partial charge < -0.3 is 0 Å². The van der Waals surface area contributed by atoms with Crippen LogP contribution in [0.4, 0.5) is 4.39 Å². The van der Waals surface area contributed by atoms with Crippen LogP contribution in [0.2, 0.25) is 0 Å². The molecule has 0 saturated carbocycles. The maximum Gasteiger partial charge on any atom is 0.146 e. The Hall–Kier alpha value is -2.37. The van der Waals surface area contributed by atoms with Gasteiger partial charge in [-0.3, -0.25) is 15.8 Å². The highest BCUT2D eigenvalue weighted by molar-refractivity contribution is 5.82. The molecule has 0 amide bonds.